The molecule has 2 aromatic rings. The second kappa shape index (κ2) is 5.64. The molecule has 0 spiro atoms. The Morgan fingerprint density at radius 2 is 2.11 bits per heavy atom. The van der Waals surface area contributed by atoms with Gasteiger partial charge in [0.1, 0.15) is 11.9 Å². The zero-order chi connectivity index (χ0) is 13.0. The van der Waals surface area contributed by atoms with Crippen LogP contribution in [0.3, 0.4) is 0 Å². The summed E-state index contributed by atoms with van der Waals surface area (Å²) in [6.45, 7) is 4.52. The third-order valence-corrected chi connectivity index (χ3v) is 2.60. The number of ether oxygens (including phenoxy) is 1. The van der Waals surface area contributed by atoms with E-state index in [4.69, 9.17) is 9.26 Å². The molecular formula is C13H16N2O3. The predicted molar refractivity (Wildman–Crippen MR) is 66.1 cm³/mol. The van der Waals surface area contributed by atoms with Gasteiger partial charge < -0.3 is 14.4 Å². The van der Waals surface area contributed by atoms with Crippen LogP contribution in [0.15, 0.2) is 28.8 Å². The third kappa shape index (κ3) is 2.51. The van der Waals surface area contributed by atoms with Gasteiger partial charge in [0.2, 0.25) is 5.82 Å². The average molecular weight is 248 g/mol. The van der Waals surface area contributed by atoms with Crippen LogP contribution in [0.4, 0.5) is 0 Å². The molecular weight excluding hydrogens is 232 g/mol. The number of para-hydroxylation sites is 1. The van der Waals surface area contributed by atoms with Gasteiger partial charge in [0.25, 0.3) is 5.89 Å². The van der Waals surface area contributed by atoms with Gasteiger partial charge in [-0.3, -0.25) is 0 Å². The summed E-state index contributed by atoms with van der Waals surface area (Å²) in [4.78, 5) is 4.27. The quantitative estimate of drug-likeness (QED) is 0.881. The minimum Gasteiger partial charge on any atom is -0.507 e. The molecule has 0 radical (unpaired) electrons. The van der Waals surface area contributed by atoms with E-state index in [9.17, 15) is 5.11 Å². The molecule has 1 atom stereocenters. The maximum Gasteiger partial charge on any atom is 0.261 e. The number of nitrogens with zero attached hydrogens (tertiary/aromatic N) is 2. The second-order valence-corrected chi connectivity index (χ2v) is 3.83. The standard InChI is InChI=1S/C13H16N2O3/c1-3-11(17-4-2)12-14-13(18-15-12)9-7-5-6-8-10(9)16/h5-8,11,16H,3-4H2,1-2H3. The molecule has 2 rings (SSSR count). The first-order valence-corrected chi connectivity index (χ1v) is 5.99. The lowest BCUT2D eigenvalue weighted by Crippen LogP contribution is -2.04. The zero-order valence-corrected chi connectivity index (χ0v) is 10.5. The van der Waals surface area contributed by atoms with E-state index < -0.39 is 0 Å². The molecule has 1 aromatic heterocycles. The van der Waals surface area contributed by atoms with Gasteiger partial charge in [-0.1, -0.05) is 24.2 Å². The summed E-state index contributed by atoms with van der Waals surface area (Å²) in [6.07, 6.45) is 0.603. The van der Waals surface area contributed by atoms with Crippen LogP contribution in [0, 0.1) is 0 Å². The SMILES string of the molecule is CCOC(CC)c1noc(-c2ccccc2O)n1. The Morgan fingerprint density at radius 3 is 2.78 bits per heavy atom. The van der Waals surface area contributed by atoms with E-state index in [0.717, 1.165) is 6.42 Å². The van der Waals surface area contributed by atoms with Gasteiger partial charge in [-0.2, -0.15) is 4.98 Å². The van der Waals surface area contributed by atoms with Crippen LogP contribution in [0.25, 0.3) is 11.5 Å². The fourth-order valence-electron chi connectivity index (χ4n) is 1.71. The van der Waals surface area contributed by atoms with Crippen molar-refractivity contribution in [2.75, 3.05) is 6.61 Å². The first-order chi connectivity index (χ1) is 8.76. The minimum atomic E-state index is -0.168. The van der Waals surface area contributed by atoms with E-state index in [2.05, 4.69) is 10.1 Å². The molecule has 1 aromatic carbocycles. The van der Waals surface area contributed by atoms with Gasteiger partial charge in [0.05, 0.1) is 5.56 Å². The monoisotopic (exact) mass is 248 g/mol. The van der Waals surface area contributed by atoms with E-state index in [0.29, 0.717) is 23.9 Å². The molecule has 1 N–H and O–H groups in total. The summed E-state index contributed by atoms with van der Waals surface area (Å²) in [5.74, 6) is 0.941. The first-order valence-electron chi connectivity index (χ1n) is 5.99. The Kier molecular flexibility index (Phi) is 3.94. The third-order valence-electron chi connectivity index (χ3n) is 2.60. The molecule has 1 heterocycles. The van der Waals surface area contributed by atoms with Gasteiger partial charge in [-0.25, -0.2) is 0 Å². The predicted octanol–water partition coefficient (Wildman–Crippen LogP) is 2.93. The summed E-state index contributed by atoms with van der Waals surface area (Å²) in [7, 11) is 0. The number of phenols is 1. The molecule has 0 saturated heterocycles. The Hall–Kier alpha value is -1.88. The van der Waals surface area contributed by atoms with Crippen molar-refractivity contribution >= 4 is 0 Å². The molecule has 1 unspecified atom stereocenters. The van der Waals surface area contributed by atoms with Crippen molar-refractivity contribution in [3.8, 4) is 17.2 Å². The van der Waals surface area contributed by atoms with Crippen molar-refractivity contribution in [1.29, 1.82) is 0 Å². The maximum absolute atomic E-state index is 9.71. The molecule has 0 aliphatic rings. The summed E-state index contributed by atoms with van der Waals surface area (Å²) >= 11 is 0. The van der Waals surface area contributed by atoms with E-state index >= 15 is 0 Å². The van der Waals surface area contributed by atoms with Crippen LogP contribution in [0.5, 0.6) is 5.75 Å². The van der Waals surface area contributed by atoms with Crippen molar-refractivity contribution in [3.05, 3.63) is 30.1 Å². The molecule has 0 fully saturated rings. The first kappa shape index (κ1) is 12.6. The summed E-state index contributed by atoms with van der Waals surface area (Å²) < 4.78 is 10.7. The Labute approximate surface area is 105 Å². The number of phenolic OH excluding ortho intramolecular Hbond substituents is 1. The van der Waals surface area contributed by atoms with Crippen molar-refractivity contribution in [1.82, 2.24) is 10.1 Å². The lowest BCUT2D eigenvalue weighted by Gasteiger charge is -2.09. The smallest absolute Gasteiger partial charge is 0.261 e. The summed E-state index contributed by atoms with van der Waals surface area (Å²) in [5, 5.41) is 13.6. The van der Waals surface area contributed by atoms with E-state index in [1.54, 1.807) is 24.3 Å². The van der Waals surface area contributed by atoms with E-state index in [-0.39, 0.29) is 11.9 Å². The molecule has 0 aliphatic carbocycles. The number of aromatic hydroxyl groups is 1. The number of hydrogen-bond acceptors (Lipinski definition) is 5. The molecule has 0 bridgehead atoms. The van der Waals surface area contributed by atoms with Gasteiger partial charge >= 0.3 is 0 Å². The molecule has 0 aliphatic heterocycles. The number of benzene rings is 1. The molecule has 5 nitrogen and oxygen atoms in total. The van der Waals surface area contributed by atoms with Gasteiger partial charge in [0, 0.05) is 6.61 Å². The lowest BCUT2D eigenvalue weighted by molar-refractivity contribution is 0.0518. The number of rotatable bonds is 5. The van der Waals surface area contributed by atoms with Crippen molar-refractivity contribution in [3.63, 3.8) is 0 Å². The van der Waals surface area contributed by atoms with Gasteiger partial charge in [-0.15, -0.1) is 0 Å². The highest BCUT2D eigenvalue weighted by Gasteiger charge is 2.18. The molecule has 0 amide bonds. The Balaban J connectivity index is 2.28. The van der Waals surface area contributed by atoms with Crippen molar-refractivity contribution in [2.45, 2.75) is 26.4 Å². The highest BCUT2D eigenvalue weighted by Crippen LogP contribution is 2.28. The van der Waals surface area contributed by atoms with E-state index in [1.807, 2.05) is 13.8 Å². The number of hydrogen-bond donors (Lipinski definition) is 1. The van der Waals surface area contributed by atoms with Crippen molar-refractivity contribution < 1.29 is 14.4 Å². The average Bonchev–Trinajstić information content (AvgIpc) is 2.85. The van der Waals surface area contributed by atoms with Gasteiger partial charge in [-0.05, 0) is 25.5 Å². The van der Waals surface area contributed by atoms with Crippen LogP contribution >= 0.6 is 0 Å². The van der Waals surface area contributed by atoms with Crippen molar-refractivity contribution in [2.24, 2.45) is 0 Å². The number of aromatic nitrogens is 2. The van der Waals surface area contributed by atoms with Gasteiger partial charge in [0.15, 0.2) is 0 Å². The van der Waals surface area contributed by atoms with Crippen LogP contribution < -0.4 is 0 Å². The fourth-order valence-corrected chi connectivity index (χ4v) is 1.71. The normalized spacial score (nSPS) is 12.6. The Morgan fingerprint density at radius 1 is 1.33 bits per heavy atom. The minimum absolute atomic E-state index is 0.122. The second-order valence-electron chi connectivity index (χ2n) is 3.83. The van der Waals surface area contributed by atoms with Crippen LogP contribution in [0.2, 0.25) is 0 Å². The van der Waals surface area contributed by atoms with E-state index in [1.165, 1.54) is 0 Å². The molecule has 96 valence electrons. The molecule has 5 heteroatoms. The maximum atomic E-state index is 9.71. The largest absolute Gasteiger partial charge is 0.507 e. The lowest BCUT2D eigenvalue weighted by atomic mass is 10.2. The van der Waals surface area contributed by atoms with Crippen LogP contribution in [-0.2, 0) is 4.74 Å². The Bertz CT molecular complexity index is 510. The highest BCUT2D eigenvalue weighted by molar-refractivity contribution is 5.61. The zero-order valence-electron chi connectivity index (χ0n) is 10.5. The summed E-state index contributed by atoms with van der Waals surface area (Å²) in [6, 6.07) is 6.86. The van der Waals surface area contributed by atoms with Crippen LogP contribution in [-0.4, -0.2) is 21.9 Å². The van der Waals surface area contributed by atoms with Crippen LogP contribution in [0.1, 0.15) is 32.2 Å². The fraction of sp³-hybridized carbons (Fsp3) is 0.385. The summed E-state index contributed by atoms with van der Waals surface area (Å²) in [5.41, 5.74) is 0.530. The molecule has 0 saturated carbocycles. The highest BCUT2D eigenvalue weighted by atomic mass is 16.5. The topological polar surface area (TPSA) is 68.4 Å². The molecule has 18 heavy (non-hydrogen) atoms.